The van der Waals surface area contributed by atoms with Crippen LogP contribution in [-0.2, 0) is 6.61 Å². The van der Waals surface area contributed by atoms with Gasteiger partial charge in [0.05, 0.1) is 15.9 Å². The minimum Gasteiger partial charge on any atom is -0.489 e. The van der Waals surface area contributed by atoms with Gasteiger partial charge in [-0.05, 0) is 48.1 Å². The maximum Gasteiger partial charge on any atom is 0.269 e. The van der Waals surface area contributed by atoms with E-state index < -0.39 is 11.5 Å². The van der Waals surface area contributed by atoms with E-state index in [0.29, 0.717) is 17.9 Å². The molecule has 4 aromatic rings. The molecule has 0 saturated carbocycles. The summed E-state index contributed by atoms with van der Waals surface area (Å²) in [5.41, 5.74) is 0.990. The predicted molar refractivity (Wildman–Crippen MR) is 120 cm³/mol. The number of fused-ring (bicyclic) bond motifs is 1. The van der Waals surface area contributed by atoms with Crippen molar-refractivity contribution in [3.63, 3.8) is 0 Å². The van der Waals surface area contributed by atoms with Crippen LogP contribution in [0.1, 0.15) is 15.9 Å². The smallest absolute Gasteiger partial charge is 0.269 e. The summed E-state index contributed by atoms with van der Waals surface area (Å²) in [6.07, 6.45) is 0. The standard InChI is InChI=1S/C22H14Cl2N2O3S/c23-15-10-17-19(18(24)11-15)25-22(30)26(21(17)28)20(27)14-7-4-8-16(9-14)29-12-13-5-2-1-3-6-13/h1-11H,12H2,(H,25,30). The molecule has 3 aromatic carbocycles. The maximum absolute atomic E-state index is 13.1. The molecule has 8 heteroatoms. The largest absolute Gasteiger partial charge is 0.489 e. The average molecular weight is 457 g/mol. The Hall–Kier alpha value is -2.93. The monoisotopic (exact) mass is 456 g/mol. The highest BCUT2D eigenvalue weighted by Crippen LogP contribution is 2.24. The molecule has 0 aliphatic carbocycles. The predicted octanol–water partition coefficient (Wildman–Crippen LogP) is 5.63. The van der Waals surface area contributed by atoms with Crippen LogP contribution in [0.2, 0.25) is 10.0 Å². The molecule has 0 bridgehead atoms. The lowest BCUT2D eigenvalue weighted by molar-refractivity contribution is 0.0953. The van der Waals surface area contributed by atoms with Crippen LogP contribution < -0.4 is 10.3 Å². The zero-order valence-corrected chi connectivity index (χ0v) is 17.7. The Morgan fingerprint density at radius 2 is 1.80 bits per heavy atom. The van der Waals surface area contributed by atoms with Gasteiger partial charge in [0.25, 0.3) is 11.5 Å². The van der Waals surface area contributed by atoms with Crippen molar-refractivity contribution in [1.82, 2.24) is 9.55 Å². The van der Waals surface area contributed by atoms with Crippen LogP contribution in [0, 0.1) is 4.77 Å². The number of H-pyrrole nitrogens is 1. The van der Waals surface area contributed by atoms with E-state index >= 15 is 0 Å². The number of carbonyl (C=O) groups excluding carboxylic acids is 1. The lowest BCUT2D eigenvalue weighted by atomic mass is 10.2. The summed E-state index contributed by atoms with van der Waals surface area (Å²) in [6.45, 7) is 0.353. The number of nitrogens with one attached hydrogen (secondary N) is 1. The topological polar surface area (TPSA) is 64.1 Å². The Balaban J connectivity index is 1.70. The van der Waals surface area contributed by atoms with Crippen LogP contribution in [0.4, 0.5) is 0 Å². The molecule has 150 valence electrons. The lowest BCUT2D eigenvalue weighted by Gasteiger charge is -2.10. The number of hydrogen-bond acceptors (Lipinski definition) is 4. The summed E-state index contributed by atoms with van der Waals surface area (Å²) in [5, 5.41) is 0.702. The van der Waals surface area contributed by atoms with Gasteiger partial charge in [0.1, 0.15) is 12.4 Å². The minimum atomic E-state index is -0.598. The third-order valence-corrected chi connectivity index (χ3v) is 5.26. The third-order valence-electron chi connectivity index (χ3n) is 4.46. The number of nitrogens with zero attached hydrogens (tertiary/aromatic N) is 1. The van der Waals surface area contributed by atoms with E-state index in [1.165, 1.54) is 12.1 Å². The molecule has 0 aliphatic heterocycles. The number of halogens is 2. The number of aromatic amines is 1. The van der Waals surface area contributed by atoms with E-state index in [0.717, 1.165) is 10.1 Å². The molecule has 0 spiro atoms. The Morgan fingerprint density at radius 1 is 1.03 bits per heavy atom. The summed E-state index contributed by atoms with van der Waals surface area (Å²) in [7, 11) is 0. The highest BCUT2D eigenvalue weighted by Gasteiger charge is 2.17. The summed E-state index contributed by atoms with van der Waals surface area (Å²) in [6, 6.07) is 19.2. The molecule has 1 N–H and O–H groups in total. The molecule has 0 saturated heterocycles. The number of hydrogen-bond donors (Lipinski definition) is 1. The second kappa shape index (κ2) is 8.44. The normalized spacial score (nSPS) is 10.9. The number of benzene rings is 3. The van der Waals surface area contributed by atoms with Crippen LogP contribution in [0.3, 0.4) is 0 Å². The quantitative estimate of drug-likeness (QED) is 0.404. The molecule has 0 atom stereocenters. The van der Waals surface area contributed by atoms with Crippen molar-refractivity contribution in [3.05, 3.63) is 103 Å². The molecular formula is C22H14Cl2N2O3S. The first-order valence-corrected chi connectivity index (χ1v) is 10.1. The summed E-state index contributed by atoms with van der Waals surface area (Å²) < 4.78 is 6.60. The van der Waals surface area contributed by atoms with E-state index in [-0.39, 0.29) is 25.8 Å². The van der Waals surface area contributed by atoms with Crippen molar-refractivity contribution in [1.29, 1.82) is 0 Å². The van der Waals surface area contributed by atoms with Crippen molar-refractivity contribution in [2.24, 2.45) is 0 Å². The number of carbonyl (C=O) groups is 1. The highest BCUT2D eigenvalue weighted by atomic mass is 35.5. The second-order valence-electron chi connectivity index (χ2n) is 6.49. The molecule has 1 aromatic heterocycles. The van der Waals surface area contributed by atoms with Gasteiger partial charge in [-0.1, -0.05) is 59.6 Å². The Bertz CT molecular complexity index is 1380. The van der Waals surface area contributed by atoms with E-state index in [4.69, 9.17) is 40.2 Å². The van der Waals surface area contributed by atoms with Crippen LogP contribution in [0.15, 0.2) is 71.5 Å². The molecule has 4 rings (SSSR count). The highest BCUT2D eigenvalue weighted by molar-refractivity contribution is 7.71. The van der Waals surface area contributed by atoms with Crippen LogP contribution in [0.25, 0.3) is 10.9 Å². The van der Waals surface area contributed by atoms with Gasteiger partial charge in [-0.3, -0.25) is 9.59 Å². The van der Waals surface area contributed by atoms with E-state index in [1.54, 1.807) is 24.3 Å². The zero-order chi connectivity index (χ0) is 21.3. The van der Waals surface area contributed by atoms with Crippen LogP contribution in [-0.4, -0.2) is 15.5 Å². The minimum absolute atomic E-state index is 0.0580. The first kappa shape index (κ1) is 20.3. The van der Waals surface area contributed by atoms with Gasteiger partial charge in [-0.15, -0.1) is 0 Å². The molecule has 1 heterocycles. The first-order chi connectivity index (χ1) is 14.4. The Kier molecular flexibility index (Phi) is 5.72. The fraction of sp³-hybridized carbons (Fsp3) is 0.0455. The van der Waals surface area contributed by atoms with Crippen LogP contribution in [0.5, 0.6) is 5.75 Å². The van der Waals surface area contributed by atoms with E-state index in [2.05, 4.69) is 4.98 Å². The average Bonchev–Trinajstić information content (AvgIpc) is 2.74. The van der Waals surface area contributed by atoms with Gasteiger partial charge in [0.2, 0.25) is 0 Å². The van der Waals surface area contributed by atoms with Gasteiger partial charge in [-0.25, -0.2) is 4.57 Å². The third kappa shape index (κ3) is 4.03. The summed E-state index contributed by atoms with van der Waals surface area (Å²) >= 11 is 17.4. The van der Waals surface area contributed by atoms with Crippen molar-refractivity contribution in [2.45, 2.75) is 6.61 Å². The number of aromatic nitrogens is 2. The zero-order valence-electron chi connectivity index (χ0n) is 15.4. The van der Waals surface area contributed by atoms with Crippen molar-refractivity contribution < 1.29 is 9.53 Å². The van der Waals surface area contributed by atoms with Crippen molar-refractivity contribution in [2.75, 3.05) is 0 Å². The molecular weight excluding hydrogens is 443 g/mol. The van der Waals surface area contributed by atoms with E-state index in [1.807, 2.05) is 30.3 Å². The molecule has 5 nitrogen and oxygen atoms in total. The fourth-order valence-corrected chi connectivity index (χ4v) is 3.83. The van der Waals surface area contributed by atoms with Gasteiger partial charge >= 0.3 is 0 Å². The summed E-state index contributed by atoms with van der Waals surface area (Å²) in [4.78, 5) is 28.9. The lowest BCUT2D eigenvalue weighted by Crippen LogP contribution is -2.29. The molecule has 0 amide bonds. The van der Waals surface area contributed by atoms with E-state index in [9.17, 15) is 9.59 Å². The van der Waals surface area contributed by atoms with Crippen molar-refractivity contribution >= 4 is 52.2 Å². The first-order valence-electron chi connectivity index (χ1n) is 8.89. The molecule has 30 heavy (non-hydrogen) atoms. The SMILES string of the molecule is O=C(c1cccc(OCc2ccccc2)c1)n1c(=S)[nH]c2c(Cl)cc(Cl)cc2c1=O. The van der Waals surface area contributed by atoms with Gasteiger partial charge in [0, 0.05) is 10.6 Å². The van der Waals surface area contributed by atoms with Gasteiger partial charge < -0.3 is 9.72 Å². The Labute approximate surface area is 186 Å². The fourth-order valence-electron chi connectivity index (χ4n) is 3.02. The van der Waals surface area contributed by atoms with Crippen LogP contribution >= 0.6 is 35.4 Å². The number of ether oxygens (including phenoxy) is 1. The molecule has 0 fully saturated rings. The Morgan fingerprint density at radius 3 is 2.57 bits per heavy atom. The van der Waals surface area contributed by atoms with Crippen molar-refractivity contribution in [3.8, 4) is 5.75 Å². The van der Waals surface area contributed by atoms with Gasteiger partial charge in [-0.2, -0.15) is 0 Å². The summed E-state index contributed by atoms with van der Waals surface area (Å²) in [5.74, 6) is -0.0797. The molecule has 0 aliphatic rings. The molecule has 0 unspecified atom stereocenters. The molecule has 0 radical (unpaired) electrons. The number of rotatable bonds is 4. The van der Waals surface area contributed by atoms with Gasteiger partial charge in [0.15, 0.2) is 4.77 Å². The second-order valence-corrected chi connectivity index (χ2v) is 7.72. The maximum atomic E-state index is 13.1.